The molecule has 7 nitrogen and oxygen atoms in total. The molecule has 0 bridgehead atoms. The van der Waals surface area contributed by atoms with E-state index in [4.69, 9.17) is 38.1 Å². The normalized spacial score (nSPS) is 12.0. The molecule has 134 valence electrons. The molecule has 0 fully saturated rings. The third-order valence-electron chi connectivity index (χ3n) is 2.60. The van der Waals surface area contributed by atoms with Crippen molar-refractivity contribution in [3.05, 3.63) is 35.3 Å². The molecule has 1 heterocycles. The first-order chi connectivity index (χ1) is 11.7. The number of carbonyl (C=O) groups is 1. The van der Waals surface area contributed by atoms with Crippen LogP contribution in [0.15, 0.2) is 35.6 Å². The minimum Gasteiger partial charge on any atom is -0.443 e. The number of halogens is 2. The second-order valence-electron chi connectivity index (χ2n) is 5.74. The summed E-state index contributed by atoms with van der Waals surface area (Å²) in [6.45, 7) is 5.26. The van der Waals surface area contributed by atoms with Crippen molar-refractivity contribution in [2.24, 2.45) is 5.16 Å². The lowest BCUT2D eigenvalue weighted by Gasteiger charge is -2.22. The molecule has 1 aromatic carbocycles. The standard InChI is InChI=1S/C15H15Cl2N3O4S/c1-15(2,3)24-14(21)20(17)9-4-6-10(7-5-9)23-13-18-8-11(25-13)12(16)19-22/h4-8,22H,1-3H3. The van der Waals surface area contributed by atoms with Gasteiger partial charge < -0.3 is 14.7 Å². The first-order valence-electron chi connectivity index (χ1n) is 7.00. The number of nitrogens with zero attached hydrogens (tertiary/aromatic N) is 3. The molecular weight excluding hydrogens is 389 g/mol. The molecule has 0 atom stereocenters. The van der Waals surface area contributed by atoms with Crippen LogP contribution in [0, 0.1) is 0 Å². The van der Waals surface area contributed by atoms with Gasteiger partial charge in [-0.25, -0.2) is 9.78 Å². The van der Waals surface area contributed by atoms with Crippen molar-refractivity contribution >= 4 is 51.7 Å². The van der Waals surface area contributed by atoms with Gasteiger partial charge >= 0.3 is 6.09 Å². The number of carbonyl (C=O) groups excluding carboxylic acids is 1. The molecule has 1 aromatic heterocycles. The summed E-state index contributed by atoms with van der Waals surface area (Å²) in [4.78, 5) is 16.4. The second-order valence-corrected chi connectivity index (χ2v) is 7.43. The Balaban J connectivity index is 2.04. The lowest BCUT2D eigenvalue weighted by Crippen LogP contribution is -2.31. The SMILES string of the molecule is CC(C)(C)OC(=O)N(Cl)c1ccc(Oc2ncc(C(Cl)=NO)s2)cc1. The van der Waals surface area contributed by atoms with Crippen LogP contribution in [0.2, 0.25) is 0 Å². The maximum atomic E-state index is 11.9. The van der Waals surface area contributed by atoms with Gasteiger partial charge in [-0.15, -0.1) is 0 Å². The van der Waals surface area contributed by atoms with Gasteiger partial charge in [0.1, 0.15) is 11.4 Å². The van der Waals surface area contributed by atoms with E-state index in [9.17, 15) is 4.79 Å². The molecule has 1 N–H and O–H groups in total. The molecule has 0 spiro atoms. The van der Waals surface area contributed by atoms with Crippen LogP contribution in [0.25, 0.3) is 0 Å². The van der Waals surface area contributed by atoms with E-state index in [0.29, 0.717) is 21.5 Å². The summed E-state index contributed by atoms with van der Waals surface area (Å²) in [5.74, 6) is 0.482. The van der Waals surface area contributed by atoms with E-state index in [1.807, 2.05) is 0 Å². The van der Waals surface area contributed by atoms with Crippen LogP contribution in [0.4, 0.5) is 10.5 Å². The largest absolute Gasteiger partial charge is 0.443 e. The van der Waals surface area contributed by atoms with Gasteiger partial charge in [-0.05, 0) is 45.0 Å². The number of oxime groups is 1. The van der Waals surface area contributed by atoms with Gasteiger partial charge in [-0.2, -0.15) is 4.42 Å². The summed E-state index contributed by atoms with van der Waals surface area (Å²) in [7, 11) is 0. The number of benzene rings is 1. The molecule has 0 saturated carbocycles. The number of ether oxygens (including phenoxy) is 2. The fourth-order valence-electron chi connectivity index (χ4n) is 1.60. The summed E-state index contributed by atoms with van der Waals surface area (Å²) in [6, 6.07) is 6.45. The number of aromatic nitrogens is 1. The third kappa shape index (κ3) is 5.48. The number of amides is 1. The predicted molar refractivity (Wildman–Crippen MR) is 97.4 cm³/mol. The Kier molecular flexibility index (Phi) is 6.10. The summed E-state index contributed by atoms with van der Waals surface area (Å²) < 4.78 is 11.6. The lowest BCUT2D eigenvalue weighted by molar-refractivity contribution is 0.0609. The van der Waals surface area contributed by atoms with Crippen LogP contribution < -0.4 is 9.16 Å². The quantitative estimate of drug-likeness (QED) is 0.328. The summed E-state index contributed by atoms with van der Waals surface area (Å²) in [5, 5.41) is 11.8. The highest BCUT2D eigenvalue weighted by Crippen LogP contribution is 2.29. The highest BCUT2D eigenvalue weighted by Gasteiger charge is 2.22. The Hall–Kier alpha value is -2.03. The Morgan fingerprint density at radius 1 is 1.32 bits per heavy atom. The maximum absolute atomic E-state index is 11.9. The van der Waals surface area contributed by atoms with Crippen molar-refractivity contribution < 1.29 is 19.5 Å². The van der Waals surface area contributed by atoms with Crippen molar-refractivity contribution in [2.75, 3.05) is 4.42 Å². The van der Waals surface area contributed by atoms with Gasteiger partial charge in [0.15, 0.2) is 5.17 Å². The molecule has 10 heteroatoms. The van der Waals surface area contributed by atoms with E-state index in [-0.39, 0.29) is 5.17 Å². The minimum absolute atomic E-state index is 0.0714. The average molecular weight is 404 g/mol. The lowest BCUT2D eigenvalue weighted by atomic mass is 10.2. The van der Waals surface area contributed by atoms with E-state index < -0.39 is 11.7 Å². The first-order valence-corrected chi connectivity index (χ1v) is 8.53. The van der Waals surface area contributed by atoms with Crippen LogP contribution in [-0.4, -0.2) is 27.1 Å². The first kappa shape index (κ1) is 19.3. The van der Waals surface area contributed by atoms with E-state index in [2.05, 4.69) is 10.1 Å². The van der Waals surface area contributed by atoms with E-state index in [1.54, 1.807) is 45.0 Å². The fourth-order valence-corrected chi connectivity index (χ4v) is 2.58. The molecule has 2 rings (SSSR count). The van der Waals surface area contributed by atoms with Gasteiger partial charge in [0.2, 0.25) is 0 Å². The number of rotatable bonds is 4. The minimum atomic E-state index is -0.676. The van der Waals surface area contributed by atoms with Crippen LogP contribution >= 0.6 is 34.7 Å². The molecular formula is C15H15Cl2N3O4S. The van der Waals surface area contributed by atoms with Gasteiger partial charge in [-0.1, -0.05) is 28.1 Å². The van der Waals surface area contributed by atoms with Crippen molar-refractivity contribution in [3.63, 3.8) is 0 Å². The number of hydrogen-bond donors (Lipinski definition) is 1. The van der Waals surface area contributed by atoms with Crippen molar-refractivity contribution in [3.8, 4) is 10.9 Å². The zero-order valence-corrected chi connectivity index (χ0v) is 15.9. The topological polar surface area (TPSA) is 84.2 Å². The Morgan fingerprint density at radius 3 is 2.52 bits per heavy atom. The fraction of sp³-hybridized carbons (Fsp3) is 0.267. The maximum Gasteiger partial charge on any atom is 0.429 e. The van der Waals surface area contributed by atoms with Crippen LogP contribution in [-0.2, 0) is 4.74 Å². The summed E-state index contributed by atoms with van der Waals surface area (Å²) in [6.07, 6.45) is 0.754. The van der Waals surface area contributed by atoms with Crippen molar-refractivity contribution in [2.45, 2.75) is 26.4 Å². The van der Waals surface area contributed by atoms with Crippen molar-refractivity contribution in [1.82, 2.24) is 4.98 Å². The number of hydrogen-bond acceptors (Lipinski definition) is 7. The number of anilines is 1. The Morgan fingerprint density at radius 2 is 1.96 bits per heavy atom. The molecule has 0 aliphatic heterocycles. The summed E-state index contributed by atoms with van der Waals surface area (Å²) in [5.41, 5.74) is -0.215. The predicted octanol–water partition coefficient (Wildman–Crippen LogP) is 5.21. The molecule has 0 aliphatic carbocycles. The Labute approximate surface area is 158 Å². The molecule has 0 aliphatic rings. The van der Waals surface area contributed by atoms with Crippen LogP contribution in [0.1, 0.15) is 25.6 Å². The monoisotopic (exact) mass is 403 g/mol. The molecule has 0 unspecified atom stereocenters. The van der Waals surface area contributed by atoms with Crippen LogP contribution in [0.3, 0.4) is 0 Å². The van der Waals surface area contributed by atoms with E-state index in [1.165, 1.54) is 6.20 Å². The average Bonchev–Trinajstić information content (AvgIpc) is 3.01. The number of thiazole rings is 1. The highest BCUT2D eigenvalue weighted by molar-refractivity contribution is 7.17. The summed E-state index contributed by atoms with van der Waals surface area (Å²) >= 11 is 12.8. The van der Waals surface area contributed by atoms with Gasteiger partial charge in [0.25, 0.3) is 5.19 Å². The molecule has 0 radical (unpaired) electrons. The van der Waals surface area contributed by atoms with E-state index >= 15 is 0 Å². The van der Waals surface area contributed by atoms with Gasteiger partial charge in [-0.3, -0.25) is 0 Å². The van der Waals surface area contributed by atoms with Gasteiger partial charge in [0, 0.05) is 11.8 Å². The molecule has 1 amide bonds. The van der Waals surface area contributed by atoms with E-state index in [0.717, 1.165) is 15.8 Å². The molecule has 25 heavy (non-hydrogen) atoms. The highest BCUT2D eigenvalue weighted by atomic mass is 35.5. The molecule has 2 aromatic rings. The molecule has 0 saturated heterocycles. The van der Waals surface area contributed by atoms with Gasteiger partial charge in [0.05, 0.1) is 16.8 Å². The smallest absolute Gasteiger partial charge is 0.429 e. The van der Waals surface area contributed by atoms with Crippen LogP contribution in [0.5, 0.6) is 10.9 Å². The zero-order valence-electron chi connectivity index (χ0n) is 13.6. The van der Waals surface area contributed by atoms with Crippen molar-refractivity contribution in [1.29, 1.82) is 0 Å². The second kappa shape index (κ2) is 7.90. The zero-order chi connectivity index (χ0) is 18.6. The Bertz CT molecular complexity index is 772. The third-order valence-corrected chi connectivity index (χ3v) is 4.20.